The van der Waals surface area contributed by atoms with Crippen LogP contribution in [0.4, 0.5) is 5.69 Å². The maximum absolute atomic E-state index is 12.7. The van der Waals surface area contributed by atoms with E-state index in [9.17, 15) is 18.3 Å². The van der Waals surface area contributed by atoms with Gasteiger partial charge in [-0.15, -0.1) is 0 Å². The number of sulfonamides is 1. The van der Waals surface area contributed by atoms with Crippen molar-refractivity contribution >= 4 is 33.3 Å². The molecule has 0 aliphatic rings. The lowest BCUT2D eigenvalue weighted by Crippen LogP contribution is -2.32. The van der Waals surface area contributed by atoms with Crippen LogP contribution in [-0.2, 0) is 10.0 Å². The number of carboxylic acids is 1. The summed E-state index contributed by atoms with van der Waals surface area (Å²) in [6, 6.07) is 12.0. The Morgan fingerprint density at radius 2 is 1.82 bits per heavy atom. The molecule has 7 heteroatoms. The van der Waals surface area contributed by atoms with Crippen LogP contribution in [0, 0.1) is 0 Å². The molecule has 22 heavy (non-hydrogen) atoms. The molecule has 0 aromatic heterocycles. The highest BCUT2D eigenvalue weighted by Crippen LogP contribution is 2.29. The molecule has 0 radical (unpaired) electrons. The van der Waals surface area contributed by atoms with Crippen molar-refractivity contribution in [1.29, 1.82) is 0 Å². The molecule has 5 nitrogen and oxygen atoms in total. The van der Waals surface area contributed by atoms with E-state index in [1.807, 2.05) is 0 Å². The molecule has 0 spiro atoms. The second-order valence-corrected chi connectivity index (χ2v) is 6.75. The van der Waals surface area contributed by atoms with Gasteiger partial charge in [0.25, 0.3) is 10.0 Å². The lowest BCUT2D eigenvalue weighted by Gasteiger charge is -2.24. The van der Waals surface area contributed by atoms with Crippen LogP contribution in [0.1, 0.15) is 17.3 Å². The van der Waals surface area contributed by atoms with E-state index in [2.05, 4.69) is 0 Å². The summed E-state index contributed by atoms with van der Waals surface area (Å²) in [6.07, 6.45) is 0. The summed E-state index contributed by atoms with van der Waals surface area (Å²) in [7, 11) is -3.85. The zero-order chi connectivity index (χ0) is 16.3. The van der Waals surface area contributed by atoms with Gasteiger partial charge in [0.1, 0.15) is 0 Å². The van der Waals surface area contributed by atoms with E-state index in [1.165, 1.54) is 30.3 Å². The number of anilines is 1. The fourth-order valence-corrected chi connectivity index (χ4v) is 3.77. The molecule has 0 aliphatic carbocycles. The molecule has 2 rings (SSSR count). The van der Waals surface area contributed by atoms with Crippen molar-refractivity contribution in [3.8, 4) is 0 Å². The van der Waals surface area contributed by atoms with Crippen LogP contribution in [0.3, 0.4) is 0 Å². The van der Waals surface area contributed by atoms with Crippen molar-refractivity contribution in [3.63, 3.8) is 0 Å². The van der Waals surface area contributed by atoms with Crippen LogP contribution < -0.4 is 4.31 Å². The average Bonchev–Trinajstić information content (AvgIpc) is 2.50. The number of carboxylic acid groups (broad SMARTS) is 1. The standard InChI is InChI=1S/C15H14ClNO4S/c1-2-17(22(20,21)12-6-4-3-5-7-12)14-9-8-11(16)10-13(14)15(18)19/h3-10H,2H2,1H3,(H,18,19). The molecule has 0 bridgehead atoms. The number of rotatable bonds is 5. The van der Waals surface area contributed by atoms with Gasteiger partial charge >= 0.3 is 5.97 Å². The Kier molecular flexibility index (Phi) is 4.73. The highest BCUT2D eigenvalue weighted by Gasteiger charge is 2.27. The van der Waals surface area contributed by atoms with Gasteiger partial charge < -0.3 is 5.11 Å². The zero-order valence-electron chi connectivity index (χ0n) is 11.7. The lowest BCUT2D eigenvalue weighted by molar-refractivity contribution is 0.0698. The highest BCUT2D eigenvalue weighted by molar-refractivity contribution is 7.92. The first kappa shape index (κ1) is 16.3. The first-order valence-electron chi connectivity index (χ1n) is 6.48. The second-order valence-electron chi connectivity index (χ2n) is 4.45. The SMILES string of the molecule is CCN(c1ccc(Cl)cc1C(=O)O)S(=O)(=O)c1ccccc1. The number of benzene rings is 2. The van der Waals surface area contributed by atoms with Gasteiger partial charge in [-0.05, 0) is 37.3 Å². The smallest absolute Gasteiger partial charge is 0.337 e. The fraction of sp³-hybridized carbons (Fsp3) is 0.133. The summed E-state index contributed by atoms with van der Waals surface area (Å²) in [5, 5.41) is 9.52. The summed E-state index contributed by atoms with van der Waals surface area (Å²) in [5.74, 6) is -1.24. The number of nitrogens with zero attached hydrogens (tertiary/aromatic N) is 1. The summed E-state index contributed by atoms with van der Waals surface area (Å²) in [6.45, 7) is 1.74. The first-order chi connectivity index (χ1) is 10.4. The first-order valence-corrected chi connectivity index (χ1v) is 8.30. The molecule has 0 saturated heterocycles. The number of halogens is 1. The quantitative estimate of drug-likeness (QED) is 0.907. The Morgan fingerprint density at radius 3 is 2.36 bits per heavy atom. The zero-order valence-corrected chi connectivity index (χ0v) is 13.3. The van der Waals surface area contributed by atoms with E-state index >= 15 is 0 Å². The molecule has 0 aliphatic heterocycles. The van der Waals surface area contributed by atoms with E-state index in [0.29, 0.717) is 0 Å². The molecule has 0 heterocycles. The van der Waals surface area contributed by atoms with Gasteiger partial charge in [0.2, 0.25) is 0 Å². The Labute approximate surface area is 133 Å². The van der Waals surface area contributed by atoms with E-state index in [-0.39, 0.29) is 27.7 Å². The molecule has 0 atom stereocenters. The third-order valence-corrected chi connectivity index (χ3v) is 5.21. The molecule has 0 fully saturated rings. The Bertz CT molecular complexity index is 790. The van der Waals surface area contributed by atoms with Crippen LogP contribution in [0.25, 0.3) is 0 Å². The monoisotopic (exact) mass is 339 g/mol. The maximum Gasteiger partial charge on any atom is 0.337 e. The predicted molar refractivity (Wildman–Crippen MR) is 85.1 cm³/mol. The Hall–Kier alpha value is -2.05. The topological polar surface area (TPSA) is 74.7 Å². The van der Waals surface area contributed by atoms with Crippen LogP contribution >= 0.6 is 11.6 Å². The Balaban J connectivity index is 2.61. The minimum atomic E-state index is -3.85. The van der Waals surface area contributed by atoms with E-state index < -0.39 is 16.0 Å². The van der Waals surface area contributed by atoms with E-state index in [4.69, 9.17) is 11.6 Å². The average molecular weight is 340 g/mol. The van der Waals surface area contributed by atoms with Crippen LogP contribution in [0.2, 0.25) is 5.02 Å². The predicted octanol–water partition coefficient (Wildman–Crippen LogP) is 3.25. The molecule has 0 unspecified atom stereocenters. The molecule has 1 N–H and O–H groups in total. The van der Waals surface area contributed by atoms with Crippen molar-refractivity contribution in [3.05, 3.63) is 59.1 Å². The molecular weight excluding hydrogens is 326 g/mol. The van der Waals surface area contributed by atoms with Crippen molar-refractivity contribution < 1.29 is 18.3 Å². The minimum Gasteiger partial charge on any atom is -0.478 e. The molecule has 116 valence electrons. The molecule has 0 amide bonds. The number of aromatic carboxylic acids is 1. The molecule has 0 saturated carbocycles. The Morgan fingerprint density at radius 1 is 1.18 bits per heavy atom. The van der Waals surface area contributed by atoms with Crippen molar-refractivity contribution in [1.82, 2.24) is 0 Å². The number of hydrogen-bond donors (Lipinski definition) is 1. The summed E-state index contributed by atoms with van der Waals surface area (Å²) >= 11 is 5.81. The lowest BCUT2D eigenvalue weighted by atomic mass is 10.2. The largest absolute Gasteiger partial charge is 0.478 e. The van der Waals surface area contributed by atoms with Crippen molar-refractivity contribution in [2.75, 3.05) is 10.8 Å². The summed E-state index contributed by atoms with van der Waals surface area (Å²) in [4.78, 5) is 11.5. The van der Waals surface area contributed by atoms with E-state index in [0.717, 1.165) is 4.31 Å². The third kappa shape index (κ3) is 3.08. The van der Waals surface area contributed by atoms with Gasteiger partial charge in [-0.25, -0.2) is 13.2 Å². The number of carbonyl (C=O) groups is 1. The van der Waals surface area contributed by atoms with Gasteiger partial charge in [-0.3, -0.25) is 4.31 Å². The number of hydrogen-bond acceptors (Lipinski definition) is 3. The van der Waals surface area contributed by atoms with Crippen LogP contribution in [0.5, 0.6) is 0 Å². The van der Waals surface area contributed by atoms with Gasteiger partial charge in [0.15, 0.2) is 0 Å². The molecule has 2 aromatic carbocycles. The fourth-order valence-electron chi connectivity index (χ4n) is 2.09. The van der Waals surface area contributed by atoms with Crippen LogP contribution in [0.15, 0.2) is 53.4 Å². The van der Waals surface area contributed by atoms with Gasteiger partial charge in [0, 0.05) is 11.6 Å². The third-order valence-electron chi connectivity index (χ3n) is 3.08. The maximum atomic E-state index is 12.7. The molecule has 2 aromatic rings. The van der Waals surface area contributed by atoms with Gasteiger partial charge in [-0.2, -0.15) is 0 Å². The summed E-state index contributed by atoms with van der Waals surface area (Å²) in [5.41, 5.74) is -0.0721. The second kappa shape index (κ2) is 6.37. The summed E-state index contributed by atoms with van der Waals surface area (Å²) < 4.78 is 26.5. The van der Waals surface area contributed by atoms with Gasteiger partial charge in [0.05, 0.1) is 16.1 Å². The normalized spacial score (nSPS) is 11.2. The molecular formula is C15H14ClNO4S. The van der Waals surface area contributed by atoms with Gasteiger partial charge in [-0.1, -0.05) is 29.8 Å². The van der Waals surface area contributed by atoms with Crippen molar-refractivity contribution in [2.45, 2.75) is 11.8 Å². The minimum absolute atomic E-state index is 0.0863. The van der Waals surface area contributed by atoms with Crippen molar-refractivity contribution in [2.24, 2.45) is 0 Å². The highest BCUT2D eigenvalue weighted by atomic mass is 35.5. The van der Waals surface area contributed by atoms with E-state index in [1.54, 1.807) is 25.1 Å². The van der Waals surface area contributed by atoms with Crippen LogP contribution in [-0.4, -0.2) is 26.0 Å².